The van der Waals surface area contributed by atoms with Crippen molar-refractivity contribution in [2.75, 3.05) is 5.32 Å². The highest BCUT2D eigenvalue weighted by Gasteiger charge is 2.03. The van der Waals surface area contributed by atoms with Gasteiger partial charge in [-0.25, -0.2) is 4.98 Å². The van der Waals surface area contributed by atoms with Crippen LogP contribution in [0.1, 0.15) is 15.4 Å². The zero-order chi connectivity index (χ0) is 12.3. The summed E-state index contributed by atoms with van der Waals surface area (Å²) in [6, 6.07) is 7.59. The van der Waals surface area contributed by atoms with Crippen LogP contribution in [-0.2, 0) is 6.54 Å². The van der Waals surface area contributed by atoms with E-state index in [0.717, 1.165) is 15.2 Å². The van der Waals surface area contributed by atoms with Crippen LogP contribution in [0.2, 0.25) is 0 Å². The molecule has 0 aliphatic rings. The fraction of sp³-hybridized carbons (Fsp3) is 0.167. The monoisotopic (exact) mass is 307 g/mol. The van der Waals surface area contributed by atoms with Gasteiger partial charge in [-0.1, -0.05) is 0 Å². The fourth-order valence-corrected chi connectivity index (χ4v) is 2.63. The average molecular weight is 308 g/mol. The Morgan fingerprint density at radius 2 is 2.35 bits per heavy atom. The molecule has 2 aromatic rings. The van der Waals surface area contributed by atoms with Crippen molar-refractivity contribution in [1.82, 2.24) is 4.98 Å². The Balaban J connectivity index is 2.07. The van der Waals surface area contributed by atoms with Crippen molar-refractivity contribution in [3.8, 4) is 6.07 Å². The van der Waals surface area contributed by atoms with Crippen molar-refractivity contribution >= 4 is 33.0 Å². The van der Waals surface area contributed by atoms with E-state index < -0.39 is 0 Å². The second-order valence-corrected chi connectivity index (χ2v) is 5.70. The predicted molar refractivity (Wildman–Crippen MR) is 73.0 cm³/mol. The summed E-state index contributed by atoms with van der Waals surface area (Å²) >= 11 is 5.12. The molecule has 0 atom stereocenters. The average Bonchev–Trinajstić information content (AvgIpc) is 2.73. The molecule has 1 aromatic carbocycles. The maximum atomic E-state index is 8.76. The number of thiazole rings is 1. The van der Waals surface area contributed by atoms with E-state index in [4.69, 9.17) is 5.26 Å². The molecule has 0 spiro atoms. The first-order valence-corrected chi connectivity index (χ1v) is 6.65. The molecule has 0 bridgehead atoms. The van der Waals surface area contributed by atoms with E-state index in [-0.39, 0.29) is 0 Å². The number of anilines is 1. The summed E-state index contributed by atoms with van der Waals surface area (Å²) in [5.41, 5.74) is 1.62. The SMILES string of the molecule is Cc1cnc(CNc2ccc(C#N)cc2Br)s1. The molecule has 0 aliphatic carbocycles. The Morgan fingerprint density at radius 1 is 1.53 bits per heavy atom. The number of nitrogens with zero attached hydrogens (tertiary/aromatic N) is 2. The van der Waals surface area contributed by atoms with Crippen LogP contribution in [0.5, 0.6) is 0 Å². The van der Waals surface area contributed by atoms with Crippen LogP contribution in [0, 0.1) is 18.3 Å². The Morgan fingerprint density at radius 3 is 2.94 bits per heavy atom. The van der Waals surface area contributed by atoms with Crippen LogP contribution in [0.3, 0.4) is 0 Å². The summed E-state index contributed by atoms with van der Waals surface area (Å²) in [7, 11) is 0. The Labute approximate surface area is 112 Å². The molecule has 3 nitrogen and oxygen atoms in total. The lowest BCUT2D eigenvalue weighted by molar-refractivity contribution is 1.10. The van der Waals surface area contributed by atoms with Crippen molar-refractivity contribution in [2.45, 2.75) is 13.5 Å². The summed E-state index contributed by atoms with van der Waals surface area (Å²) in [6.07, 6.45) is 1.87. The van der Waals surface area contributed by atoms with Gasteiger partial charge in [0.15, 0.2) is 0 Å². The second-order valence-electron chi connectivity index (χ2n) is 3.52. The third-order valence-corrected chi connectivity index (χ3v) is 3.77. The van der Waals surface area contributed by atoms with Crippen molar-refractivity contribution in [3.63, 3.8) is 0 Å². The molecule has 5 heteroatoms. The van der Waals surface area contributed by atoms with Crippen molar-refractivity contribution in [3.05, 3.63) is 44.3 Å². The molecular formula is C12H10BrN3S. The fourth-order valence-electron chi connectivity index (χ4n) is 1.38. The molecule has 0 saturated carbocycles. The Kier molecular flexibility index (Phi) is 3.77. The highest BCUT2D eigenvalue weighted by atomic mass is 79.9. The van der Waals surface area contributed by atoms with Crippen molar-refractivity contribution in [2.24, 2.45) is 0 Å². The van der Waals surface area contributed by atoms with Gasteiger partial charge in [0, 0.05) is 21.2 Å². The number of aromatic nitrogens is 1. The van der Waals surface area contributed by atoms with Gasteiger partial charge in [-0.05, 0) is 41.1 Å². The normalized spacial score (nSPS) is 9.94. The maximum absolute atomic E-state index is 8.76. The largest absolute Gasteiger partial charge is 0.378 e. The van der Waals surface area contributed by atoms with Gasteiger partial charge in [-0.2, -0.15) is 5.26 Å². The van der Waals surface area contributed by atoms with E-state index in [9.17, 15) is 0 Å². The highest BCUT2D eigenvalue weighted by Crippen LogP contribution is 2.24. The number of hydrogen-bond donors (Lipinski definition) is 1. The van der Waals surface area contributed by atoms with Crippen LogP contribution < -0.4 is 5.32 Å². The van der Waals surface area contributed by atoms with Gasteiger partial charge >= 0.3 is 0 Å². The van der Waals surface area contributed by atoms with Gasteiger partial charge in [-0.3, -0.25) is 0 Å². The van der Waals surface area contributed by atoms with Crippen LogP contribution in [0.4, 0.5) is 5.69 Å². The molecule has 1 heterocycles. The molecule has 2 rings (SSSR count). The molecule has 17 heavy (non-hydrogen) atoms. The Hall–Kier alpha value is -1.38. The molecule has 0 unspecified atom stereocenters. The minimum Gasteiger partial charge on any atom is -0.378 e. The summed E-state index contributed by atoms with van der Waals surface area (Å²) < 4.78 is 0.893. The molecule has 1 aromatic heterocycles. The van der Waals surface area contributed by atoms with Gasteiger partial charge in [0.25, 0.3) is 0 Å². The van der Waals surface area contributed by atoms with E-state index >= 15 is 0 Å². The molecule has 86 valence electrons. The Bertz CT molecular complexity index is 571. The lowest BCUT2D eigenvalue weighted by atomic mass is 10.2. The van der Waals surface area contributed by atoms with Crippen LogP contribution in [0.25, 0.3) is 0 Å². The van der Waals surface area contributed by atoms with E-state index in [1.165, 1.54) is 4.88 Å². The number of nitrogens with one attached hydrogen (secondary N) is 1. The first kappa shape index (κ1) is 12.1. The zero-order valence-corrected chi connectivity index (χ0v) is 11.6. The van der Waals surface area contributed by atoms with E-state index in [1.807, 2.05) is 19.2 Å². The standard InChI is InChI=1S/C12H10BrN3S/c1-8-6-16-12(17-8)7-15-11-3-2-9(5-14)4-10(11)13/h2-4,6,15H,7H2,1H3. The number of hydrogen-bond acceptors (Lipinski definition) is 4. The minimum absolute atomic E-state index is 0.646. The van der Waals surface area contributed by atoms with Crippen molar-refractivity contribution < 1.29 is 0 Å². The number of benzene rings is 1. The minimum atomic E-state index is 0.646. The van der Waals surface area contributed by atoms with Gasteiger partial charge in [0.2, 0.25) is 0 Å². The third kappa shape index (κ3) is 3.05. The molecule has 0 radical (unpaired) electrons. The van der Waals surface area contributed by atoms with Gasteiger partial charge in [0.05, 0.1) is 18.2 Å². The van der Waals surface area contributed by atoms with Crippen molar-refractivity contribution in [1.29, 1.82) is 5.26 Å². The maximum Gasteiger partial charge on any atom is 0.112 e. The van der Waals surface area contributed by atoms with Crippen LogP contribution in [-0.4, -0.2) is 4.98 Å². The molecule has 0 aliphatic heterocycles. The van der Waals surface area contributed by atoms with Crippen LogP contribution in [0.15, 0.2) is 28.9 Å². The van der Waals surface area contributed by atoms with E-state index in [2.05, 4.69) is 32.3 Å². The van der Waals surface area contributed by atoms with E-state index in [1.54, 1.807) is 23.5 Å². The van der Waals surface area contributed by atoms with Gasteiger partial charge in [-0.15, -0.1) is 11.3 Å². The molecular weight excluding hydrogens is 298 g/mol. The predicted octanol–water partition coefficient (Wildman–Crippen LogP) is 3.70. The quantitative estimate of drug-likeness (QED) is 0.940. The zero-order valence-electron chi connectivity index (χ0n) is 9.20. The topological polar surface area (TPSA) is 48.7 Å². The summed E-state index contributed by atoms with van der Waals surface area (Å²) in [4.78, 5) is 5.49. The molecule has 0 amide bonds. The molecule has 0 fully saturated rings. The molecule has 0 saturated heterocycles. The van der Waals surface area contributed by atoms with Crippen LogP contribution >= 0.6 is 27.3 Å². The van der Waals surface area contributed by atoms with Gasteiger partial charge < -0.3 is 5.32 Å². The number of aryl methyl sites for hydroxylation is 1. The second kappa shape index (κ2) is 5.30. The number of rotatable bonds is 3. The summed E-state index contributed by atoms with van der Waals surface area (Å²) in [5, 5.41) is 13.1. The first-order chi connectivity index (χ1) is 8.19. The lowest BCUT2D eigenvalue weighted by Gasteiger charge is -2.06. The smallest absolute Gasteiger partial charge is 0.112 e. The summed E-state index contributed by atoms with van der Waals surface area (Å²) in [5.74, 6) is 0. The third-order valence-electron chi connectivity index (χ3n) is 2.20. The highest BCUT2D eigenvalue weighted by molar-refractivity contribution is 9.10. The van der Waals surface area contributed by atoms with E-state index in [0.29, 0.717) is 12.1 Å². The first-order valence-electron chi connectivity index (χ1n) is 5.04. The number of halogens is 1. The molecule has 1 N–H and O–H groups in total. The summed E-state index contributed by atoms with van der Waals surface area (Å²) in [6.45, 7) is 2.74. The lowest BCUT2D eigenvalue weighted by Crippen LogP contribution is -1.99. The number of nitriles is 1. The van der Waals surface area contributed by atoms with Gasteiger partial charge in [0.1, 0.15) is 5.01 Å².